The molecule has 0 aliphatic carbocycles. The van der Waals surface area contributed by atoms with E-state index in [1.807, 2.05) is 101 Å². The molecule has 3 aromatic carbocycles. The van der Waals surface area contributed by atoms with Crippen molar-refractivity contribution in [3.8, 4) is 16.7 Å². The molecule has 1 amide bonds. The molecule has 6 rings (SSSR count). The molecule has 10 heteroatoms. The lowest BCUT2D eigenvalue weighted by molar-refractivity contribution is -0.140. The van der Waals surface area contributed by atoms with E-state index in [0.29, 0.717) is 47.5 Å². The molecular weight excluding hydrogens is 592 g/mol. The quantitative estimate of drug-likeness (QED) is 0.194. The van der Waals surface area contributed by atoms with E-state index in [4.69, 9.17) is 26.9 Å². The van der Waals surface area contributed by atoms with Crippen LogP contribution in [0.4, 0.5) is 5.69 Å². The summed E-state index contributed by atoms with van der Waals surface area (Å²) in [6.45, 7) is 1.98. The average Bonchev–Trinajstić information content (AvgIpc) is 3.70. The third-order valence-corrected chi connectivity index (χ3v) is 8.73. The van der Waals surface area contributed by atoms with Crippen LogP contribution in [0.5, 0.6) is 0 Å². The van der Waals surface area contributed by atoms with Gasteiger partial charge in [0.1, 0.15) is 6.07 Å². The Morgan fingerprint density at radius 2 is 1.75 bits per heavy atom. The maximum Gasteiger partial charge on any atom is 0.237 e. The van der Waals surface area contributed by atoms with Crippen LogP contribution in [0.15, 0.2) is 107 Å². The highest BCUT2D eigenvalue weighted by Gasteiger charge is 2.32. The van der Waals surface area contributed by atoms with Gasteiger partial charge in [-0.1, -0.05) is 83.5 Å². The molecule has 1 atom stereocenters. The van der Waals surface area contributed by atoms with Crippen molar-refractivity contribution in [1.82, 2.24) is 15.0 Å². The van der Waals surface area contributed by atoms with Crippen molar-refractivity contribution >= 4 is 40.2 Å². The standard InChI is InChI=1S/C34H29ClN6O2S/c35-32-14-13-31(44-32)30-16-27(39-43-30)20-40-21-28(18-37)41(33(42)22-40)19-23-11-12-26(17-36)29(15-23)38-34(24-7-3-1-4-8-24)25-9-5-2-6-10-25/h1-16,28H,18-22,37H2. The minimum absolute atomic E-state index is 0.0240. The molecule has 2 N–H and O–H groups in total. The van der Waals surface area contributed by atoms with E-state index in [9.17, 15) is 10.1 Å². The number of rotatable bonds is 9. The number of hydrogen-bond acceptors (Lipinski definition) is 8. The van der Waals surface area contributed by atoms with E-state index < -0.39 is 0 Å². The van der Waals surface area contributed by atoms with Crippen LogP contribution < -0.4 is 5.73 Å². The molecule has 5 aromatic rings. The number of halogens is 1. The van der Waals surface area contributed by atoms with Crippen molar-refractivity contribution < 1.29 is 9.32 Å². The molecule has 1 unspecified atom stereocenters. The number of nitrogens with zero attached hydrogens (tertiary/aromatic N) is 5. The Morgan fingerprint density at radius 1 is 1.02 bits per heavy atom. The number of carbonyl (C=O) groups excluding carboxylic acids is 1. The lowest BCUT2D eigenvalue weighted by atomic mass is 10.0. The summed E-state index contributed by atoms with van der Waals surface area (Å²) in [7, 11) is 0. The van der Waals surface area contributed by atoms with E-state index in [1.165, 1.54) is 11.3 Å². The number of thiophene rings is 1. The highest BCUT2D eigenvalue weighted by molar-refractivity contribution is 7.19. The summed E-state index contributed by atoms with van der Waals surface area (Å²) in [5.41, 5.74) is 11.5. The Morgan fingerprint density at radius 3 is 2.39 bits per heavy atom. The molecule has 1 fully saturated rings. The van der Waals surface area contributed by atoms with Crippen molar-refractivity contribution in [2.24, 2.45) is 10.7 Å². The topological polar surface area (TPSA) is 112 Å². The second kappa shape index (κ2) is 13.4. The Bertz CT molecular complexity index is 1790. The Kier molecular flexibility index (Phi) is 8.96. The van der Waals surface area contributed by atoms with Gasteiger partial charge in [-0.3, -0.25) is 9.69 Å². The summed E-state index contributed by atoms with van der Waals surface area (Å²) in [6.07, 6.45) is 0. The van der Waals surface area contributed by atoms with Crippen molar-refractivity contribution in [2.75, 3.05) is 19.6 Å². The monoisotopic (exact) mass is 620 g/mol. The Labute approximate surface area is 264 Å². The van der Waals surface area contributed by atoms with Gasteiger partial charge in [-0.05, 0) is 29.8 Å². The van der Waals surface area contributed by atoms with Crippen LogP contribution in [0.2, 0.25) is 4.34 Å². The number of nitrogens with two attached hydrogens (primary N) is 1. The summed E-state index contributed by atoms with van der Waals surface area (Å²) >= 11 is 7.49. The smallest absolute Gasteiger partial charge is 0.237 e. The van der Waals surface area contributed by atoms with Gasteiger partial charge in [0, 0.05) is 43.4 Å². The molecule has 0 spiro atoms. The van der Waals surface area contributed by atoms with E-state index in [1.54, 1.807) is 6.07 Å². The van der Waals surface area contributed by atoms with Gasteiger partial charge in [-0.2, -0.15) is 5.26 Å². The van der Waals surface area contributed by atoms with Gasteiger partial charge in [-0.15, -0.1) is 11.3 Å². The Balaban J connectivity index is 1.21. The lowest BCUT2D eigenvalue weighted by Gasteiger charge is -2.40. The number of hydrogen-bond donors (Lipinski definition) is 1. The van der Waals surface area contributed by atoms with Gasteiger partial charge >= 0.3 is 0 Å². The minimum atomic E-state index is -0.189. The predicted molar refractivity (Wildman–Crippen MR) is 173 cm³/mol. The maximum atomic E-state index is 13.4. The zero-order valence-electron chi connectivity index (χ0n) is 23.8. The number of piperazine rings is 1. The molecule has 0 bridgehead atoms. The first-order chi connectivity index (χ1) is 21.5. The van der Waals surface area contributed by atoms with Crippen molar-refractivity contribution in [3.63, 3.8) is 0 Å². The normalized spacial score (nSPS) is 15.2. The van der Waals surface area contributed by atoms with Crippen LogP contribution in [-0.2, 0) is 17.9 Å². The van der Waals surface area contributed by atoms with Crippen LogP contribution in [0, 0.1) is 11.3 Å². The van der Waals surface area contributed by atoms with E-state index in [2.05, 4.69) is 11.2 Å². The molecule has 1 saturated heterocycles. The SMILES string of the molecule is N#Cc1ccc(CN2C(=O)CN(Cc3cc(-c4ccc(Cl)s4)on3)CC2CN)cc1N=C(c1ccccc1)c1ccccc1. The summed E-state index contributed by atoms with van der Waals surface area (Å²) in [5.74, 6) is 0.628. The van der Waals surface area contributed by atoms with Crippen molar-refractivity contribution in [1.29, 1.82) is 5.26 Å². The average molecular weight is 621 g/mol. The van der Waals surface area contributed by atoms with E-state index >= 15 is 0 Å². The van der Waals surface area contributed by atoms with Crippen molar-refractivity contribution in [3.05, 3.63) is 129 Å². The number of aliphatic imine (C=N–C) groups is 1. The summed E-state index contributed by atoms with van der Waals surface area (Å²) in [5, 5.41) is 14.1. The van der Waals surface area contributed by atoms with Crippen molar-refractivity contribution in [2.45, 2.75) is 19.1 Å². The lowest BCUT2D eigenvalue weighted by Crippen LogP contribution is -2.58. The molecule has 0 radical (unpaired) electrons. The van der Waals surface area contributed by atoms with Crippen LogP contribution in [0.25, 0.3) is 10.6 Å². The molecular formula is C34H29ClN6O2S. The molecule has 1 aliphatic rings. The Hall–Kier alpha value is -4.59. The first-order valence-corrected chi connectivity index (χ1v) is 15.4. The van der Waals surface area contributed by atoms with Gasteiger partial charge in [0.2, 0.25) is 5.91 Å². The highest BCUT2D eigenvalue weighted by atomic mass is 35.5. The molecule has 8 nitrogen and oxygen atoms in total. The molecule has 220 valence electrons. The fourth-order valence-electron chi connectivity index (χ4n) is 5.33. The zero-order valence-corrected chi connectivity index (χ0v) is 25.3. The number of aromatic nitrogens is 1. The minimum Gasteiger partial charge on any atom is -0.355 e. The second-order valence-electron chi connectivity index (χ2n) is 10.5. The summed E-state index contributed by atoms with van der Waals surface area (Å²) in [6, 6.07) is 33.0. The first-order valence-electron chi connectivity index (χ1n) is 14.2. The second-order valence-corrected chi connectivity index (χ2v) is 12.2. The summed E-state index contributed by atoms with van der Waals surface area (Å²) < 4.78 is 6.20. The zero-order chi connectivity index (χ0) is 30.5. The van der Waals surface area contributed by atoms with Gasteiger partial charge in [0.05, 0.1) is 44.5 Å². The number of benzene rings is 3. The van der Waals surface area contributed by atoms with Crippen LogP contribution in [0.3, 0.4) is 0 Å². The third-order valence-electron chi connectivity index (χ3n) is 7.48. The van der Waals surface area contributed by atoms with E-state index in [-0.39, 0.29) is 18.5 Å². The van der Waals surface area contributed by atoms with Gasteiger partial charge in [0.25, 0.3) is 0 Å². The molecule has 0 saturated carbocycles. The fraction of sp³-hybridized carbons (Fsp3) is 0.176. The largest absolute Gasteiger partial charge is 0.355 e. The maximum absolute atomic E-state index is 13.4. The molecule has 3 heterocycles. The highest BCUT2D eigenvalue weighted by Crippen LogP contribution is 2.32. The molecule has 44 heavy (non-hydrogen) atoms. The number of nitriles is 1. The van der Waals surface area contributed by atoms with Crippen LogP contribution >= 0.6 is 22.9 Å². The number of amides is 1. The number of carbonyl (C=O) groups is 1. The predicted octanol–water partition coefficient (Wildman–Crippen LogP) is 6.27. The summed E-state index contributed by atoms with van der Waals surface area (Å²) in [4.78, 5) is 23.2. The molecule has 1 aliphatic heterocycles. The van der Waals surface area contributed by atoms with Gasteiger partial charge < -0.3 is 15.2 Å². The van der Waals surface area contributed by atoms with Crippen LogP contribution in [-0.4, -0.2) is 52.3 Å². The third kappa shape index (κ3) is 6.64. The van der Waals surface area contributed by atoms with Gasteiger partial charge in [0.15, 0.2) is 5.76 Å². The van der Waals surface area contributed by atoms with Crippen LogP contribution in [0.1, 0.15) is 27.9 Å². The van der Waals surface area contributed by atoms with E-state index in [0.717, 1.165) is 33.0 Å². The fourth-order valence-corrected chi connectivity index (χ4v) is 6.32. The van der Waals surface area contributed by atoms with Gasteiger partial charge in [-0.25, -0.2) is 4.99 Å². The first kappa shape index (κ1) is 29.5. The molecule has 2 aromatic heterocycles.